The highest BCUT2D eigenvalue weighted by atomic mass is 19.1. The van der Waals surface area contributed by atoms with Crippen molar-refractivity contribution in [3.8, 4) is 23.0 Å². The molecule has 0 aromatic heterocycles. The van der Waals surface area contributed by atoms with Crippen molar-refractivity contribution in [3.63, 3.8) is 0 Å². The molecule has 0 bridgehead atoms. The van der Waals surface area contributed by atoms with Crippen molar-refractivity contribution in [1.82, 2.24) is 9.80 Å². The number of likely N-dealkylation sites (tertiary alicyclic amines) is 2. The fourth-order valence-corrected chi connectivity index (χ4v) is 4.95. The van der Waals surface area contributed by atoms with E-state index in [1.54, 1.807) is 37.4 Å². The molecule has 1 amide bonds. The fraction of sp³-hybridized carbons (Fsp3) is 0.500. The number of halogens is 1. The molecule has 2 saturated heterocycles. The smallest absolute Gasteiger partial charge is 0.257 e. The number of carbonyl (C=O) groups excluding carboxylic acids is 1. The Hall–Kier alpha value is -3.00. The Bertz CT molecular complexity index is 985. The second-order valence-electron chi connectivity index (χ2n) is 8.69. The Morgan fingerprint density at radius 1 is 0.824 bits per heavy atom. The summed E-state index contributed by atoms with van der Waals surface area (Å²) >= 11 is 0. The van der Waals surface area contributed by atoms with E-state index in [0.717, 1.165) is 38.8 Å². The highest BCUT2D eigenvalue weighted by Gasteiger charge is 2.32. The minimum atomic E-state index is -0.312. The van der Waals surface area contributed by atoms with Gasteiger partial charge in [-0.2, -0.15) is 0 Å². The van der Waals surface area contributed by atoms with Crippen molar-refractivity contribution >= 4 is 5.91 Å². The van der Waals surface area contributed by atoms with E-state index >= 15 is 0 Å². The minimum absolute atomic E-state index is 0.0346. The predicted molar refractivity (Wildman–Crippen MR) is 127 cm³/mol. The Balaban J connectivity index is 1.31. The summed E-state index contributed by atoms with van der Waals surface area (Å²) in [5, 5.41) is 0. The molecular formula is C26H33FN2O5. The number of ether oxygens (including phenoxy) is 4. The molecule has 7 nitrogen and oxygen atoms in total. The zero-order valence-corrected chi connectivity index (χ0v) is 20.1. The van der Waals surface area contributed by atoms with Crippen LogP contribution in [0.4, 0.5) is 4.39 Å². The summed E-state index contributed by atoms with van der Waals surface area (Å²) in [6.07, 6.45) is 3.61. The van der Waals surface area contributed by atoms with Crippen molar-refractivity contribution in [3.05, 3.63) is 47.8 Å². The van der Waals surface area contributed by atoms with Gasteiger partial charge >= 0.3 is 0 Å². The van der Waals surface area contributed by atoms with Gasteiger partial charge in [0.1, 0.15) is 6.10 Å². The van der Waals surface area contributed by atoms with Crippen LogP contribution >= 0.6 is 0 Å². The van der Waals surface area contributed by atoms with Crippen LogP contribution in [0.5, 0.6) is 23.0 Å². The van der Waals surface area contributed by atoms with Crippen LogP contribution in [0.3, 0.4) is 0 Å². The molecule has 4 rings (SSSR count). The number of hydrogen-bond donors (Lipinski definition) is 0. The predicted octanol–water partition coefficient (Wildman–Crippen LogP) is 4.00. The molecule has 0 spiro atoms. The lowest BCUT2D eigenvalue weighted by Crippen LogP contribution is -2.50. The topological polar surface area (TPSA) is 60.5 Å². The van der Waals surface area contributed by atoms with Crippen molar-refractivity contribution in [2.24, 2.45) is 0 Å². The van der Waals surface area contributed by atoms with Gasteiger partial charge in [-0.3, -0.25) is 9.69 Å². The van der Waals surface area contributed by atoms with Gasteiger partial charge in [0.25, 0.3) is 5.91 Å². The van der Waals surface area contributed by atoms with E-state index in [-0.39, 0.29) is 17.8 Å². The molecule has 2 aliphatic rings. The van der Waals surface area contributed by atoms with E-state index in [0.29, 0.717) is 47.7 Å². The Labute approximate surface area is 200 Å². The van der Waals surface area contributed by atoms with Crippen molar-refractivity contribution in [1.29, 1.82) is 0 Å². The van der Waals surface area contributed by atoms with E-state index in [1.165, 1.54) is 20.3 Å². The van der Waals surface area contributed by atoms with Gasteiger partial charge in [-0.05, 0) is 49.9 Å². The molecule has 0 saturated carbocycles. The van der Waals surface area contributed by atoms with Gasteiger partial charge in [-0.25, -0.2) is 4.39 Å². The molecule has 8 heteroatoms. The third kappa shape index (κ3) is 5.06. The zero-order chi connectivity index (χ0) is 24.1. The van der Waals surface area contributed by atoms with Crippen LogP contribution < -0.4 is 18.9 Å². The lowest BCUT2D eigenvalue weighted by atomic mass is 9.98. The first-order valence-corrected chi connectivity index (χ1v) is 11.8. The second-order valence-corrected chi connectivity index (χ2v) is 8.69. The number of hydrogen-bond acceptors (Lipinski definition) is 6. The van der Waals surface area contributed by atoms with E-state index < -0.39 is 0 Å². The van der Waals surface area contributed by atoms with Crippen LogP contribution in [0.1, 0.15) is 36.0 Å². The Morgan fingerprint density at radius 3 is 2.12 bits per heavy atom. The normalized spacial score (nSPS) is 17.9. The number of methoxy groups -OCH3 is 3. The molecule has 0 N–H and O–H groups in total. The van der Waals surface area contributed by atoms with E-state index in [1.807, 2.05) is 4.90 Å². The molecule has 2 aromatic carbocycles. The van der Waals surface area contributed by atoms with E-state index in [2.05, 4.69) is 4.90 Å². The largest absolute Gasteiger partial charge is 0.493 e. The van der Waals surface area contributed by atoms with E-state index in [9.17, 15) is 9.18 Å². The average molecular weight is 473 g/mol. The lowest BCUT2D eigenvalue weighted by Gasteiger charge is -2.41. The highest BCUT2D eigenvalue weighted by molar-refractivity contribution is 5.98. The molecule has 0 atom stereocenters. The summed E-state index contributed by atoms with van der Waals surface area (Å²) in [7, 11) is 4.61. The SMILES string of the molecule is COc1ccc(C(=O)N2CCC(N3CCC(Oc4ccccc4F)CC3)CC2)c(OC)c1OC. The second kappa shape index (κ2) is 11.0. The number of amides is 1. The quantitative estimate of drug-likeness (QED) is 0.607. The maximum atomic E-state index is 13.9. The van der Waals surface area contributed by atoms with Crippen LogP contribution in [0.25, 0.3) is 0 Å². The van der Waals surface area contributed by atoms with Crippen LogP contribution in [-0.4, -0.2) is 75.4 Å². The first-order chi connectivity index (χ1) is 16.5. The number of para-hydroxylation sites is 1. The Morgan fingerprint density at radius 2 is 1.50 bits per heavy atom. The first kappa shape index (κ1) is 24.1. The molecule has 34 heavy (non-hydrogen) atoms. The minimum Gasteiger partial charge on any atom is -0.493 e. The molecule has 2 aromatic rings. The summed E-state index contributed by atoms with van der Waals surface area (Å²) in [5.41, 5.74) is 0.477. The van der Waals surface area contributed by atoms with Crippen LogP contribution in [-0.2, 0) is 0 Å². The van der Waals surface area contributed by atoms with Gasteiger partial charge < -0.3 is 23.8 Å². The highest BCUT2D eigenvalue weighted by Crippen LogP contribution is 2.40. The lowest BCUT2D eigenvalue weighted by molar-refractivity contribution is 0.0415. The van der Waals surface area contributed by atoms with Crippen LogP contribution in [0.2, 0.25) is 0 Å². The summed E-state index contributed by atoms with van der Waals surface area (Å²) in [6.45, 7) is 3.21. The van der Waals surface area contributed by atoms with Crippen molar-refractivity contribution < 1.29 is 28.1 Å². The number of benzene rings is 2. The van der Waals surface area contributed by atoms with Crippen LogP contribution in [0.15, 0.2) is 36.4 Å². The monoisotopic (exact) mass is 472 g/mol. The average Bonchev–Trinajstić information content (AvgIpc) is 2.89. The van der Waals surface area contributed by atoms with Crippen LogP contribution in [0, 0.1) is 5.82 Å². The van der Waals surface area contributed by atoms with Gasteiger partial charge in [0.2, 0.25) is 5.75 Å². The molecule has 2 heterocycles. The molecule has 0 aliphatic carbocycles. The molecular weight excluding hydrogens is 439 g/mol. The van der Waals surface area contributed by atoms with Gasteiger partial charge in [0, 0.05) is 32.2 Å². The summed E-state index contributed by atoms with van der Waals surface area (Å²) in [5.74, 6) is 1.30. The Kier molecular flexibility index (Phi) is 7.77. The molecule has 0 unspecified atom stereocenters. The number of nitrogens with zero attached hydrogens (tertiary/aromatic N) is 2. The van der Waals surface area contributed by atoms with Gasteiger partial charge in [0.15, 0.2) is 23.1 Å². The van der Waals surface area contributed by atoms with Gasteiger partial charge in [-0.1, -0.05) is 12.1 Å². The van der Waals surface area contributed by atoms with Crippen molar-refractivity contribution in [2.45, 2.75) is 37.8 Å². The fourth-order valence-electron chi connectivity index (χ4n) is 4.95. The molecule has 0 radical (unpaired) electrons. The third-order valence-corrected chi connectivity index (χ3v) is 6.81. The van der Waals surface area contributed by atoms with E-state index in [4.69, 9.17) is 18.9 Å². The summed E-state index contributed by atoms with van der Waals surface area (Å²) < 4.78 is 36.0. The maximum Gasteiger partial charge on any atom is 0.257 e. The van der Waals surface area contributed by atoms with Gasteiger partial charge in [-0.15, -0.1) is 0 Å². The van der Waals surface area contributed by atoms with Crippen molar-refractivity contribution in [2.75, 3.05) is 47.5 Å². The van der Waals surface area contributed by atoms with Gasteiger partial charge in [0.05, 0.1) is 26.9 Å². The number of carbonyl (C=O) groups is 1. The molecule has 184 valence electrons. The zero-order valence-electron chi connectivity index (χ0n) is 20.1. The standard InChI is InChI=1S/C26H33FN2O5/c1-31-23-9-8-20(24(32-2)25(23)33-3)26(30)29-14-10-18(11-15-29)28-16-12-19(13-17-28)34-22-7-5-4-6-21(22)27/h4-9,18-19H,10-17H2,1-3H3. The third-order valence-electron chi connectivity index (χ3n) is 6.81. The summed E-state index contributed by atoms with van der Waals surface area (Å²) in [4.78, 5) is 17.6. The first-order valence-electron chi connectivity index (χ1n) is 11.8. The molecule has 2 fully saturated rings. The summed E-state index contributed by atoms with van der Waals surface area (Å²) in [6, 6.07) is 10.5. The molecule has 2 aliphatic heterocycles. The number of piperidine rings is 2. The number of rotatable bonds is 7. The maximum absolute atomic E-state index is 13.9.